The molecule has 10 heteroatoms. The molecule has 10 nitrogen and oxygen atoms in total. The van der Waals surface area contributed by atoms with Crippen molar-refractivity contribution in [3.8, 4) is 23.3 Å². The summed E-state index contributed by atoms with van der Waals surface area (Å²) in [6.45, 7) is 2.38. The van der Waals surface area contributed by atoms with Crippen molar-refractivity contribution in [2.24, 2.45) is 0 Å². The van der Waals surface area contributed by atoms with Gasteiger partial charge in [0, 0.05) is 23.8 Å². The van der Waals surface area contributed by atoms with E-state index in [9.17, 15) is 35.5 Å². The minimum Gasteiger partial charge on any atom is -0.462 e. The van der Waals surface area contributed by atoms with Crippen molar-refractivity contribution in [1.82, 2.24) is 0 Å². The Morgan fingerprint density at radius 1 is 0.814 bits per heavy atom. The van der Waals surface area contributed by atoms with Gasteiger partial charge < -0.3 is 4.74 Å². The van der Waals surface area contributed by atoms with Crippen LogP contribution in [0.3, 0.4) is 0 Å². The van der Waals surface area contributed by atoms with Crippen LogP contribution in [0.5, 0.6) is 0 Å². The Labute approximate surface area is 251 Å². The highest BCUT2D eigenvalue weighted by Crippen LogP contribution is 2.33. The fourth-order valence-electron chi connectivity index (χ4n) is 5.53. The highest BCUT2D eigenvalue weighted by Gasteiger charge is 2.29. The van der Waals surface area contributed by atoms with Crippen LogP contribution in [0.25, 0.3) is 22.8 Å². The maximum atomic E-state index is 13.2. The minimum atomic E-state index is -0.768. The lowest BCUT2D eigenvalue weighted by atomic mass is 9.96. The third kappa shape index (κ3) is 8.71. The molecule has 2 aromatic carbocycles. The average Bonchev–Trinajstić information content (AvgIpc) is 3.38. The van der Waals surface area contributed by atoms with Crippen LogP contribution in [-0.2, 0) is 4.74 Å². The lowest BCUT2D eigenvalue weighted by Gasteiger charge is -2.10. The second kappa shape index (κ2) is 16.8. The molecule has 0 aromatic heterocycles. The Bertz CT molecular complexity index is 1530. The third-order valence-electron chi connectivity index (χ3n) is 7.78. The second-order valence-electron chi connectivity index (χ2n) is 10.9. The first kappa shape index (κ1) is 32.9. The van der Waals surface area contributed by atoms with Gasteiger partial charge in [-0.3, -0.25) is 20.2 Å². The molecule has 226 valence electrons. The number of benzene rings is 2. The summed E-state index contributed by atoms with van der Waals surface area (Å²) in [6, 6.07) is 8.41. The summed E-state index contributed by atoms with van der Waals surface area (Å²) in [5, 5.41) is 42.2. The van der Waals surface area contributed by atoms with Crippen LogP contribution in [-0.4, -0.2) is 22.4 Å². The Morgan fingerprint density at radius 3 is 1.88 bits per heavy atom. The van der Waals surface area contributed by atoms with Gasteiger partial charge in [-0.2, -0.15) is 10.5 Å². The highest BCUT2D eigenvalue weighted by atomic mass is 16.6. The van der Waals surface area contributed by atoms with Gasteiger partial charge in [0.2, 0.25) is 0 Å². The van der Waals surface area contributed by atoms with Gasteiger partial charge in [0.15, 0.2) is 0 Å². The predicted octanol–water partition coefficient (Wildman–Crippen LogP) is 7.15. The number of nitrogens with zero attached hydrogens (tertiary/aromatic N) is 4. The van der Waals surface area contributed by atoms with Crippen molar-refractivity contribution < 1.29 is 19.4 Å². The van der Waals surface area contributed by atoms with Gasteiger partial charge in [-0.25, -0.2) is 4.79 Å². The first-order valence-electron chi connectivity index (χ1n) is 15.2. The van der Waals surface area contributed by atoms with Gasteiger partial charge in [0.25, 0.3) is 11.4 Å². The zero-order valence-corrected chi connectivity index (χ0v) is 24.7. The lowest BCUT2D eigenvalue weighted by molar-refractivity contribution is -0.386. The molecule has 0 heterocycles. The van der Waals surface area contributed by atoms with E-state index in [0.717, 1.165) is 25.3 Å². The summed E-state index contributed by atoms with van der Waals surface area (Å²) in [6.07, 6.45) is 18.1. The predicted molar refractivity (Wildman–Crippen MR) is 163 cm³/mol. The number of nitriles is 2. The number of carbonyl (C=O) groups is 1. The molecule has 0 amide bonds. The SMILES string of the molecule is CCCCCCCCCCCCCCCCOC(=O)c1cc([N+](=O)[O-])c(=C(C#N)C#N)c2c1-c1ccc([N+](=O)[O-])cc1C=2. The number of non-ortho nitro benzene ring substituents is 2. The molecule has 3 rings (SSSR count). The van der Waals surface area contributed by atoms with Gasteiger partial charge in [-0.05, 0) is 34.9 Å². The van der Waals surface area contributed by atoms with E-state index in [4.69, 9.17) is 4.74 Å². The van der Waals surface area contributed by atoms with Gasteiger partial charge in [0.1, 0.15) is 17.7 Å². The number of nitro benzene ring substituents is 2. The zero-order chi connectivity index (χ0) is 31.2. The van der Waals surface area contributed by atoms with E-state index >= 15 is 0 Å². The number of fused-ring (bicyclic) bond motifs is 3. The van der Waals surface area contributed by atoms with E-state index in [1.165, 1.54) is 88.5 Å². The van der Waals surface area contributed by atoms with Crippen LogP contribution in [0, 0.1) is 42.9 Å². The maximum Gasteiger partial charge on any atom is 0.339 e. The largest absolute Gasteiger partial charge is 0.462 e. The van der Waals surface area contributed by atoms with Crippen LogP contribution < -0.4 is 10.4 Å². The number of nitro groups is 2. The van der Waals surface area contributed by atoms with E-state index in [1.807, 2.05) is 0 Å². The Morgan fingerprint density at radius 2 is 1.37 bits per heavy atom. The van der Waals surface area contributed by atoms with Crippen molar-refractivity contribution in [3.63, 3.8) is 0 Å². The van der Waals surface area contributed by atoms with Crippen molar-refractivity contribution in [3.05, 3.63) is 66.1 Å². The number of rotatable bonds is 18. The molecule has 1 aliphatic carbocycles. The first-order chi connectivity index (χ1) is 20.8. The summed E-state index contributed by atoms with van der Waals surface area (Å²) in [7, 11) is 0. The van der Waals surface area contributed by atoms with Crippen LogP contribution in [0.15, 0.2) is 24.3 Å². The molecular formula is C33H38N4O6. The Balaban J connectivity index is 1.63. The maximum absolute atomic E-state index is 13.2. The molecule has 0 aliphatic heterocycles. The molecule has 0 saturated carbocycles. The van der Waals surface area contributed by atoms with Crippen LogP contribution in [0.1, 0.15) is 113 Å². The molecule has 0 radical (unpaired) electrons. The molecule has 0 fully saturated rings. The Hall–Kier alpha value is -4.57. The van der Waals surface area contributed by atoms with Gasteiger partial charge in [-0.15, -0.1) is 0 Å². The zero-order valence-electron chi connectivity index (χ0n) is 24.7. The van der Waals surface area contributed by atoms with E-state index in [2.05, 4.69) is 6.92 Å². The summed E-state index contributed by atoms with van der Waals surface area (Å²) in [4.78, 5) is 35.2. The summed E-state index contributed by atoms with van der Waals surface area (Å²) in [5.41, 5.74) is -0.347. The number of carbonyl (C=O) groups excluding carboxylic acids is 1. The summed E-state index contributed by atoms with van der Waals surface area (Å²) in [5.74, 6) is -0.768. The first-order valence-corrected chi connectivity index (χ1v) is 15.2. The van der Waals surface area contributed by atoms with Crippen LogP contribution >= 0.6 is 0 Å². The van der Waals surface area contributed by atoms with Crippen LogP contribution in [0.4, 0.5) is 11.4 Å². The summed E-state index contributed by atoms with van der Waals surface area (Å²) >= 11 is 0. The van der Waals surface area contributed by atoms with E-state index in [1.54, 1.807) is 12.1 Å². The number of ether oxygens (including phenoxy) is 1. The fraction of sp³-hybridized carbons (Fsp3) is 0.485. The molecule has 0 bridgehead atoms. The molecule has 0 unspecified atom stereocenters. The second-order valence-corrected chi connectivity index (χ2v) is 10.9. The fourth-order valence-corrected chi connectivity index (χ4v) is 5.53. The molecular weight excluding hydrogens is 548 g/mol. The molecule has 43 heavy (non-hydrogen) atoms. The normalized spacial score (nSPS) is 11.0. The average molecular weight is 587 g/mol. The van der Waals surface area contributed by atoms with Crippen molar-refractivity contribution in [2.45, 2.75) is 96.8 Å². The Kier molecular flexibility index (Phi) is 12.8. The van der Waals surface area contributed by atoms with Crippen molar-refractivity contribution >= 4 is 29.0 Å². The monoisotopic (exact) mass is 586 g/mol. The molecule has 2 aromatic rings. The smallest absolute Gasteiger partial charge is 0.339 e. The minimum absolute atomic E-state index is 0.0881. The number of unbranched alkanes of at least 4 members (excludes halogenated alkanes) is 13. The van der Waals surface area contributed by atoms with Crippen molar-refractivity contribution in [1.29, 1.82) is 10.5 Å². The number of hydrogen-bond donors (Lipinski definition) is 0. The van der Waals surface area contributed by atoms with Crippen LogP contribution in [0.2, 0.25) is 0 Å². The third-order valence-corrected chi connectivity index (χ3v) is 7.78. The van der Waals surface area contributed by atoms with Gasteiger partial charge in [0.05, 0.1) is 27.2 Å². The molecule has 1 aliphatic rings. The topological polar surface area (TPSA) is 160 Å². The highest BCUT2D eigenvalue weighted by molar-refractivity contribution is 6.02. The van der Waals surface area contributed by atoms with Gasteiger partial charge in [-0.1, -0.05) is 90.4 Å². The van der Waals surface area contributed by atoms with Crippen molar-refractivity contribution in [2.75, 3.05) is 6.61 Å². The molecule has 0 N–H and O–H groups in total. The molecule has 0 spiro atoms. The number of hydrogen-bond acceptors (Lipinski definition) is 8. The lowest BCUT2D eigenvalue weighted by Crippen LogP contribution is -2.32. The number of esters is 1. The van der Waals surface area contributed by atoms with E-state index in [0.29, 0.717) is 17.5 Å². The molecule has 0 atom stereocenters. The van der Waals surface area contributed by atoms with E-state index in [-0.39, 0.29) is 33.9 Å². The van der Waals surface area contributed by atoms with Gasteiger partial charge >= 0.3 is 5.97 Å². The quantitative estimate of drug-likeness (QED) is 0.0657. The molecule has 0 saturated heterocycles. The standard InChI is InChI=1S/C33H38N4O6/c1-2-3-4-5-6-7-8-9-10-11-12-13-14-15-18-43-33(38)29-21-30(37(41)42)31(25(22-34)23-35)28-20-24-19-26(36(39)40)16-17-27(24)32(28)29/h16-17,19-21H,2-15,18H2,1H3. The van der Waals surface area contributed by atoms with E-state index < -0.39 is 27.1 Å². The summed E-state index contributed by atoms with van der Waals surface area (Å²) < 4.78 is 5.50.